The van der Waals surface area contributed by atoms with E-state index in [1.54, 1.807) is 0 Å². The third-order valence-electron chi connectivity index (χ3n) is 6.39. The lowest BCUT2D eigenvalue weighted by molar-refractivity contribution is 0.0880. The highest BCUT2D eigenvalue weighted by Gasteiger charge is 2.35. The van der Waals surface area contributed by atoms with Gasteiger partial charge in [0.2, 0.25) is 0 Å². The molecule has 0 bridgehead atoms. The van der Waals surface area contributed by atoms with E-state index in [0.717, 1.165) is 43.6 Å². The molecule has 2 aromatic heterocycles. The fourth-order valence-corrected chi connectivity index (χ4v) is 5.04. The van der Waals surface area contributed by atoms with E-state index < -0.39 is 0 Å². The van der Waals surface area contributed by atoms with Crippen molar-refractivity contribution >= 4 is 55.4 Å². The summed E-state index contributed by atoms with van der Waals surface area (Å²) in [7, 11) is 2.00. The molecule has 0 atom stereocenters. The number of nitrogens with one attached hydrogen (secondary N) is 2. The van der Waals surface area contributed by atoms with Crippen LogP contribution in [0.25, 0.3) is 43.6 Å². The molecule has 7 rings (SSSR count). The van der Waals surface area contributed by atoms with E-state index in [-0.39, 0.29) is 11.8 Å². The normalized spacial score (nSPS) is 15.1. The third kappa shape index (κ3) is 2.43. The van der Waals surface area contributed by atoms with Crippen LogP contribution in [0.5, 0.6) is 0 Å². The molecule has 2 N–H and O–H groups in total. The molecule has 0 fully saturated rings. The molecule has 3 aromatic carbocycles. The summed E-state index contributed by atoms with van der Waals surface area (Å²) in [6, 6.07) is 15.9. The van der Waals surface area contributed by atoms with Crippen molar-refractivity contribution in [2.24, 2.45) is 7.05 Å². The number of imide groups is 1. The van der Waals surface area contributed by atoms with Gasteiger partial charge >= 0.3 is 0 Å². The molecule has 1 aliphatic heterocycles. The molecule has 152 valence electrons. The van der Waals surface area contributed by atoms with E-state index in [9.17, 15) is 9.59 Å². The first-order chi connectivity index (χ1) is 15.2. The Kier molecular flexibility index (Phi) is 3.81. The summed E-state index contributed by atoms with van der Waals surface area (Å²) in [6.45, 7) is 0. The Morgan fingerprint density at radius 1 is 0.806 bits per heavy atom. The first-order valence-electron chi connectivity index (χ1n) is 10.6. The molecule has 0 radical (unpaired) electrons. The first kappa shape index (κ1) is 18.0. The zero-order valence-corrected chi connectivity index (χ0v) is 17.2. The average Bonchev–Trinajstić information content (AvgIpc) is 3.56. The van der Waals surface area contributed by atoms with Crippen LogP contribution in [-0.4, -0.2) is 21.4 Å². The van der Waals surface area contributed by atoms with Crippen molar-refractivity contribution in [3.05, 3.63) is 71.8 Å². The van der Waals surface area contributed by atoms with Crippen molar-refractivity contribution < 1.29 is 9.59 Å². The van der Waals surface area contributed by atoms with E-state index in [2.05, 4.69) is 27.0 Å². The van der Waals surface area contributed by atoms with E-state index in [1.807, 2.05) is 55.6 Å². The first-order valence-corrected chi connectivity index (χ1v) is 10.6. The molecule has 1 aliphatic carbocycles. The Bertz CT molecular complexity index is 1580. The van der Waals surface area contributed by atoms with Crippen molar-refractivity contribution in [1.29, 1.82) is 0 Å². The third-order valence-corrected chi connectivity index (χ3v) is 6.39. The number of amides is 2. The van der Waals surface area contributed by atoms with Crippen LogP contribution in [-0.2, 0) is 7.05 Å². The second-order valence-electron chi connectivity index (χ2n) is 8.16. The number of fused-ring (bicyclic) bond motifs is 10. The maximum Gasteiger partial charge on any atom is 0.259 e. The van der Waals surface area contributed by atoms with Crippen molar-refractivity contribution in [1.82, 2.24) is 14.9 Å². The fourth-order valence-electron chi connectivity index (χ4n) is 5.04. The summed E-state index contributed by atoms with van der Waals surface area (Å²) in [5.74, 6) is -0.645. The number of carbonyl (C=O) groups excluding carboxylic acids is 2. The summed E-state index contributed by atoms with van der Waals surface area (Å²) < 4.78 is 2.10. The minimum atomic E-state index is -0.324. The number of aryl methyl sites for hydroxylation is 1. The molecule has 2 aliphatic rings. The molecule has 5 heteroatoms. The van der Waals surface area contributed by atoms with E-state index in [0.29, 0.717) is 11.1 Å². The Labute approximate surface area is 178 Å². The molecule has 2 amide bonds. The van der Waals surface area contributed by atoms with Crippen molar-refractivity contribution in [2.75, 3.05) is 0 Å². The van der Waals surface area contributed by atoms with Crippen LogP contribution in [0, 0.1) is 0 Å². The topological polar surface area (TPSA) is 66.9 Å². The highest BCUT2D eigenvalue weighted by molar-refractivity contribution is 6.39. The number of hydrogen-bond acceptors (Lipinski definition) is 2. The van der Waals surface area contributed by atoms with Gasteiger partial charge in [0.25, 0.3) is 11.8 Å². The average molecular weight is 407 g/mol. The van der Waals surface area contributed by atoms with Crippen LogP contribution in [0.1, 0.15) is 40.0 Å². The number of aromatic amines is 1. The molecule has 5 aromatic rings. The van der Waals surface area contributed by atoms with Crippen LogP contribution in [0.2, 0.25) is 0 Å². The Morgan fingerprint density at radius 2 is 1.45 bits per heavy atom. The van der Waals surface area contributed by atoms with Crippen molar-refractivity contribution in [3.63, 3.8) is 0 Å². The van der Waals surface area contributed by atoms with E-state index in [4.69, 9.17) is 0 Å². The maximum atomic E-state index is 12.7. The van der Waals surface area contributed by atoms with Crippen LogP contribution in [0.3, 0.4) is 0 Å². The zero-order chi connectivity index (χ0) is 21.1. The number of benzene rings is 3. The number of carbonyl (C=O) groups is 2. The second kappa shape index (κ2) is 6.57. The van der Waals surface area contributed by atoms with Gasteiger partial charge in [-0.25, -0.2) is 0 Å². The predicted molar refractivity (Wildman–Crippen MR) is 125 cm³/mol. The quantitative estimate of drug-likeness (QED) is 0.260. The molecule has 0 unspecified atom stereocenters. The van der Waals surface area contributed by atoms with Crippen molar-refractivity contribution in [3.8, 4) is 0 Å². The lowest BCUT2D eigenvalue weighted by Gasteiger charge is -2.04. The number of aromatic nitrogens is 2. The smallest absolute Gasteiger partial charge is 0.259 e. The molecule has 0 saturated carbocycles. The van der Waals surface area contributed by atoms with Gasteiger partial charge in [0, 0.05) is 39.6 Å². The summed E-state index contributed by atoms with van der Waals surface area (Å²) in [6.07, 6.45) is 8.50. The van der Waals surface area contributed by atoms with Gasteiger partial charge in [-0.05, 0) is 31.4 Å². The van der Waals surface area contributed by atoms with Gasteiger partial charge in [-0.2, -0.15) is 0 Å². The lowest BCUT2D eigenvalue weighted by Crippen LogP contribution is -2.20. The minimum absolute atomic E-state index is 0.321. The van der Waals surface area contributed by atoms with Gasteiger partial charge in [-0.1, -0.05) is 48.6 Å². The summed E-state index contributed by atoms with van der Waals surface area (Å²) >= 11 is 0. The lowest BCUT2D eigenvalue weighted by atomic mass is 9.97. The van der Waals surface area contributed by atoms with Gasteiger partial charge < -0.3 is 9.55 Å². The summed E-state index contributed by atoms with van der Waals surface area (Å²) in [5.41, 5.74) is 4.78. The number of allylic oxidation sites excluding steroid dienone is 2. The predicted octanol–water partition coefficient (Wildman–Crippen LogP) is 5.58. The molecule has 0 saturated heterocycles. The van der Waals surface area contributed by atoms with Gasteiger partial charge in [-0.3, -0.25) is 14.9 Å². The molecule has 31 heavy (non-hydrogen) atoms. The second-order valence-corrected chi connectivity index (χ2v) is 8.16. The number of para-hydroxylation sites is 2. The van der Waals surface area contributed by atoms with Crippen LogP contribution < -0.4 is 5.32 Å². The Balaban J connectivity index is 0.000000329. The van der Waals surface area contributed by atoms with Gasteiger partial charge in [0.05, 0.1) is 22.2 Å². The number of rotatable bonds is 0. The number of H-pyrrole nitrogens is 1. The number of hydrogen-bond donors (Lipinski definition) is 2. The highest BCUT2D eigenvalue weighted by atomic mass is 16.2. The molecule has 0 spiro atoms. The van der Waals surface area contributed by atoms with Gasteiger partial charge in [0.1, 0.15) is 0 Å². The molecule has 3 heterocycles. The molecular formula is C26H21N3O2. The number of nitrogens with zero attached hydrogens (tertiary/aromatic N) is 1. The van der Waals surface area contributed by atoms with Crippen molar-refractivity contribution in [2.45, 2.75) is 19.3 Å². The van der Waals surface area contributed by atoms with Crippen LogP contribution in [0.15, 0.2) is 60.7 Å². The molecular weight excluding hydrogens is 386 g/mol. The largest absolute Gasteiger partial charge is 0.353 e. The summed E-state index contributed by atoms with van der Waals surface area (Å²) in [5, 5.41) is 6.08. The fraction of sp³-hybridized carbons (Fsp3) is 0.154. The van der Waals surface area contributed by atoms with Gasteiger partial charge in [0.15, 0.2) is 0 Å². The highest BCUT2D eigenvalue weighted by Crippen LogP contribution is 2.42. The Hall–Kier alpha value is -3.86. The SMILES string of the molecule is C1=CCCC1.Cn1c2ccccc2c2c3c(c4c5ccccc5[nH]c4c21)C(=O)NC3=O. The van der Waals surface area contributed by atoms with Gasteiger partial charge in [-0.15, -0.1) is 0 Å². The van der Waals surface area contributed by atoms with E-state index >= 15 is 0 Å². The standard InChI is InChI=1S/C21H13N3O2.C5H8/c1-24-13-9-5-3-7-11(13)15-17-16(20(25)23-21(17)26)14-10-6-2-4-8-12(10)22-18(14)19(15)24;1-2-4-5-3-1/h2-9,22H,1H3,(H,23,25,26);1-2H,3-5H2. The molecule has 5 nitrogen and oxygen atoms in total. The van der Waals surface area contributed by atoms with Crippen LogP contribution in [0.4, 0.5) is 0 Å². The monoisotopic (exact) mass is 407 g/mol. The minimum Gasteiger partial charge on any atom is -0.353 e. The van der Waals surface area contributed by atoms with E-state index in [1.165, 1.54) is 19.3 Å². The Morgan fingerprint density at radius 3 is 2.16 bits per heavy atom. The maximum absolute atomic E-state index is 12.7. The zero-order valence-electron chi connectivity index (χ0n) is 17.2. The van der Waals surface area contributed by atoms with Crippen LogP contribution >= 0.6 is 0 Å². The summed E-state index contributed by atoms with van der Waals surface area (Å²) in [4.78, 5) is 28.8.